The molecule has 4 N–H and O–H groups in total. The topological polar surface area (TPSA) is 95.2 Å². The van der Waals surface area contributed by atoms with E-state index in [1.165, 1.54) is 0 Å². The van der Waals surface area contributed by atoms with Crippen LogP contribution in [0.1, 0.15) is 24.8 Å². The van der Waals surface area contributed by atoms with Crippen molar-refractivity contribution in [2.45, 2.75) is 25.8 Å². The first-order valence-corrected chi connectivity index (χ1v) is 9.23. The van der Waals surface area contributed by atoms with Crippen LogP contribution in [0.4, 0.5) is 16.2 Å². The second kappa shape index (κ2) is 9.68. The van der Waals surface area contributed by atoms with Gasteiger partial charge in [0.05, 0.1) is 0 Å². The molecule has 1 aliphatic heterocycles. The molecule has 0 radical (unpaired) electrons. The number of carbonyl (C=O) groups is 2. The summed E-state index contributed by atoms with van der Waals surface area (Å²) in [5.41, 5.74) is 2.27. The lowest BCUT2D eigenvalue weighted by atomic mass is 10.0. The molecule has 1 unspecified atom stereocenters. The monoisotopic (exact) mass is 367 g/mol. The molecule has 3 amide bonds. The fourth-order valence-electron chi connectivity index (χ4n) is 3.05. The summed E-state index contributed by atoms with van der Waals surface area (Å²) < 4.78 is 0. The highest BCUT2D eigenvalue weighted by atomic mass is 16.2. The fourth-order valence-corrected chi connectivity index (χ4v) is 3.05. The van der Waals surface area contributed by atoms with Crippen molar-refractivity contribution in [3.8, 4) is 0 Å². The molecular formula is C20H25N5O2. The SMILES string of the molecule is O=C(CCC1CCNC1)Nc1cccc(NC(=O)NCc2ccncc2)c1. The van der Waals surface area contributed by atoms with E-state index < -0.39 is 0 Å². The van der Waals surface area contributed by atoms with Gasteiger partial charge < -0.3 is 21.3 Å². The van der Waals surface area contributed by atoms with Crippen molar-refractivity contribution in [2.24, 2.45) is 5.92 Å². The predicted octanol–water partition coefficient (Wildman–Crippen LogP) is 2.73. The Hall–Kier alpha value is -2.93. The summed E-state index contributed by atoms with van der Waals surface area (Å²) in [4.78, 5) is 28.1. The number of carbonyl (C=O) groups excluding carboxylic acids is 2. The first-order chi connectivity index (χ1) is 13.2. The van der Waals surface area contributed by atoms with Crippen molar-refractivity contribution in [2.75, 3.05) is 23.7 Å². The molecule has 1 aromatic heterocycles. The molecule has 0 spiro atoms. The van der Waals surface area contributed by atoms with Gasteiger partial charge in [0.2, 0.25) is 5.91 Å². The van der Waals surface area contributed by atoms with Gasteiger partial charge in [0, 0.05) is 36.7 Å². The number of amides is 3. The lowest BCUT2D eigenvalue weighted by molar-refractivity contribution is -0.116. The number of hydrogen-bond acceptors (Lipinski definition) is 4. The van der Waals surface area contributed by atoms with Crippen LogP contribution < -0.4 is 21.3 Å². The number of rotatable bonds is 7. The maximum atomic E-state index is 12.1. The number of nitrogens with one attached hydrogen (secondary N) is 4. The molecule has 1 fully saturated rings. The van der Waals surface area contributed by atoms with E-state index in [4.69, 9.17) is 0 Å². The molecule has 1 aliphatic rings. The second-order valence-electron chi connectivity index (χ2n) is 6.69. The molecule has 0 bridgehead atoms. The first-order valence-electron chi connectivity index (χ1n) is 9.23. The van der Waals surface area contributed by atoms with Crippen molar-refractivity contribution in [1.82, 2.24) is 15.6 Å². The smallest absolute Gasteiger partial charge is 0.319 e. The summed E-state index contributed by atoms with van der Waals surface area (Å²) in [5, 5.41) is 11.8. The number of nitrogens with zero attached hydrogens (tertiary/aromatic N) is 1. The Morgan fingerprint density at radius 1 is 1.11 bits per heavy atom. The third-order valence-electron chi connectivity index (χ3n) is 4.55. The normalized spacial score (nSPS) is 15.9. The summed E-state index contributed by atoms with van der Waals surface area (Å²) in [7, 11) is 0. The van der Waals surface area contributed by atoms with Gasteiger partial charge in [0.1, 0.15) is 0 Å². The third-order valence-corrected chi connectivity index (χ3v) is 4.55. The van der Waals surface area contributed by atoms with E-state index in [1.54, 1.807) is 30.6 Å². The molecule has 2 aromatic rings. The minimum atomic E-state index is -0.302. The van der Waals surface area contributed by atoms with Gasteiger partial charge in [-0.1, -0.05) is 6.07 Å². The Bertz CT molecular complexity index is 760. The van der Waals surface area contributed by atoms with E-state index in [0.29, 0.717) is 30.3 Å². The number of pyridine rings is 1. The third kappa shape index (κ3) is 6.38. The number of anilines is 2. The highest BCUT2D eigenvalue weighted by molar-refractivity contribution is 5.93. The van der Waals surface area contributed by atoms with Crippen molar-refractivity contribution >= 4 is 23.3 Å². The number of benzene rings is 1. The summed E-state index contributed by atoms with van der Waals surface area (Å²) in [5.74, 6) is 0.592. The van der Waals surface area contributed by atoms with Gasteiger partial charge in [-0.15, -0.1) is 0 Å². The lowest BCUT2D eigenvalue weighted by Gasteiger charge is -2.11. The molecule has 1 atom stereocenters. The highest BCUT2D eigenvalue weighted by Crippen LogP contribution is 2.18. The van der Waals surface area contributed by atoms with E-state index in [2.05, 4.69) is 26.3 Å². The van der Waals surface area contributed by atoms with E-state index in [0.717, 1.165) is 31.5 Å². The van der Waals surface area contributed by atoms with Crippen LogP contribution in [0.15, 0.2) is 48.8 Å². The number of aromatic nitrogens is 1. The van der Waals surface area contributed by atoms with Gasteiger partial charge in [-0.3, -0.25) is 9.78 Å². The first kappa shape index (κ1) is 18.8. The molecule has 1 aromatic carbocycles. The molecule has 0 aliphatic carbocycles. The van der Waals surface area contributed by atoms with Crippen molar-refractivity contribution in [1.29, 1.82) is 0 Å². The van der Waals surface area contributed by atoms with Gasteiger partial charge in [-0.05, 0) is 67.7 Å². The Morgan fingerprint density at radius 2 is 1.89 bits per heavy atom. The lowest BCUT2D eigenvalue weighted by Crippen LogP contribution is -2.28. The number of urea groups is 1. The molecule has 7 nitrogen and oxygen atoms in total. The molecular weight excluding hydrogens is 342 g/mol. The van der Waals surface area contributed by atoms with Crippen LogP contribution in [0, 0.1) is 5.92 Å². The molecule has 142 valence electrons. The largest absolute Gasteiger partial charge is 0.334 e. The van der Waals surface area contributed by atoms with Crippen LogP contribution in [0.2, 0.25) is 0 Å². The Morgan fingerprint density at radius 3 is 2.63 bits per heavy atom. The van der Waals surface area contributed by atoms with Crippen LogP contribution >= 0.6 is 0 Å². The van der Waals surface area contributed by atoms with Crippen LogP contribution in [0.25, 0.3) is 0 Å². The van der Waals surface area contributed by atoms with Crippen LogP contribution in [-0.4, -0.2) is 30.0 Å². The van der Waals surface area contributed by atoms with Crippen LogP contribution in [0.3, 0.4) is 0 Å². The van der Waals surface area contributed by atoms with E-state index >= 15 is 0 Å². The molecule has 3 rings (SSSR count). The van der Waals surface area contributed by atoms with Gasteiger partial charge in [-0.25, -0.2) is 4.79 Å². The Kier molecular flexibility index (Phi) is 6.76. The Labute approximate surface area is 159 Å². The van der Waals surface area contributed by atoms with E-state index in [1.807, 2.05) is 18.2 Å². The van der Waals surface area contributed by atoms with Crippen LogP contribution in [0.5, 0.6) is 0 Å². The standard InChI is InChI=1S/C20H25N5O2/c26-19(5-4-15-8-11-22-13-15)24-17-2-1-3-18(12-17)25-20(27)23-14-16-6-9-21-10-7-16/h1-3,6-7,9-10,12,15,22H,4-5,8,11,13-14H2,(H,24,26)(H2,23,25,27). The fraction of sp³-hybridized carbons (Fsp3) is 0.350. The van der Waals surface area contributed by atoms with Gasteiger partial charge in [0.25, 0.3) is 0 Å². The minimum Gasteiger partial charge on any atom is -0.334 e. The van der Waals surface area contributed by atoms with Gasteiger partial charge in [0.15, 0.2) is 0 Å². The molecule has 27 heavy (non-hydrogen) atoms. The zero-order chi connectivity index (χ0) is 18.9. The zero-order valence-corrected chi connectivity index (χ0v) is 15.2. The molecule has 0 saturated carbocycles. The molecule has 1 saturated heterocycles. The molecule has 2 heterocycles. The quantitative estimate of drug-likeness (QED) is 0.605. The van der Waals surface area contributed by atoms with Gasteiger partial charge in [-0.2, -0.15) is 0 Å². The average Bonchev–Trinajstić information content (AvgIpc) is 3.20. The minimum absolute atomic E-state index is 0.00110. The van der Waals surface area contributed by atoms with Crippen LogP contribution in [-0.2, 0) is 11.3 Å². The maximum absolute atomic E-state index is 12.1. The van der Waals surface area contributed by atoms with Crippen molar-refractivity contribution < 1.29 is 9.59 Å². The average molecular weight is 367 g/mol. The zero-order valence-electron chi connectivity index (χ0n) is 15.2. The Balaban J connectivity index is 1.44. The second-order valence-corrected chi connectivity index (χ2v) is 6.69. The molecule has 7 heteroatoms. The number of hydrogen-bond donors (Lipinski definition) is 4. The predicted molar refractivity (Wildman–Crippen MR) is 105 cm³/mol. The summed E-state index contributed by atoms with van der Waals surface area (Å²) in [6.07, 6.45) is 5.92. The van der Waals surface area contributed by atoms with Crippen molar-refractivity contribution in [3.63, 3.8) is 0 Å². The maximum Gasteiger partial charge on any atom is 0.319 e. The van der Waals surface area contributed by atoms with Crippen molar-refractivity contribution in [3.05, 3.63) is 54.4 Å². The van der Waals surface area contributed by atoms with Gasteiger partial charge >= 0.3 is 6.03 Å². The summed E-state index contributed by atoms with van der Waals surface area (Å²) in [6.45, 7) is 2.46. The summed E-state index contributed by atoms with van der Waals surface area (Å²) in [6, 6.07) is 10.5. The highest BCUT2D eigenvalue weighted by Gasteiger charge is 2.15. The van der Waals surface area contributed by atoms with E-state index in [-0.39, 0.29) is 11.9 Å². The van der Waals surface area contributed by atoms with E-state index in [9.17, 15) is 9.59 Å². The summed E-state index contributed by atoms with van der Waals surface area (Å²) >= 11 is 0.